The van der Waals surface area contributed by atoms with Gasteiger partial charge in [-0.1, -0.05) is 15.9 Å². The summed E-state index contributed by atoms with van der Waals surface area (Å²) in [5, 5.41) is 0. The fraction of sp³-hybridized carbons (Fsp3) is 0.154. The Morgan fingerprint density at radius 1 is 1.26 bits per heavy atom. The quantitative estimate of drug-likeness (QED) is 0.637. The van der Waals surface area contributed by atoms with Gasteiger partial charge in [0.15, 0.2) is 6.61 Å². The van der Waals surface area contributed by atoms with E-state index in [4.69, 9.17) is 4.74 Å². The van der Waals surface area contributed by atoms with Crippen molar-refractivity contribution < 1.29 is 9.53 Å². The van der Waals surface area contributed by atoms with E-state index < -0.39 is 0 Å². The number of halogens is 3. The van der Waals surface area contributed by atoms with Gasteiger partial charge in [0.25, 0.3) is 0 Å². The molecule has 2 rings (SSSR count). The van der Waals surface area contributed by atoms with Gasteiger partial charge in [-0.25, -0.2) is 0 Å². The lowest BCUT2D eigenvalue weighted by atomic mass is 10.3. The van der Waals surface area contributed by atoms with Crippen LogP contribution in [0.1, 0.15) is 10.5 Å². The summed E-state index contributed by atoms with van der Waals surface area (Å²) in [6.07, 6.45) is 1.83. The number of benzene rings is 1. The van der Waals surface area contributed by atoms with Crippen LogP contribution >= 0.6 is 47.8 Å². The molecular formula is C13H10Br3NO2. The van der Waals surface area contributed by atoms with Crippen LogP contribution in [0.25, 0.3) is 0 Å². The molecule has 0 aliphatic rings. The van der Waals surface area contributed by atoms with Crippen molar-refractivity contribution in [1.82, 2.24) is 4.57 Å². The molecule has 1 heterocycles. The van der Waals surface area contributed by atoms with E-state index in [1.54, 1.807) is 10.6 Å². The van der Waals surface area contributed by atoms with Gasteiger partial charge in [-0.3, -0.25) is 4.79 Å². The normalized spacial score (nSPS) is 10.5. The Bertz CT molecular complexity index is 599. The van der Waals surface area contributed by atoms with Crippen molar-refractivity contribution in [2.75, 3.05) is 6.61 Å². The van der Waals surface area contributed by atoms with E-state index in [0.29, 0.717) is 11.4 Å². The van der Waals surface area contributed by atoms with E-state index in [9.17, 15) is 4.79 Å². The first-order valence-corrected chi connectivity index (χ1v) is 7.79. The standard InChI is InChI=1S/C13H10Br3NO2/c1-17-4-2-3-11(17)12(18)7-19-13-9(15)5-8(14)6-10(13)16/h2-6H,7H2,1H3. The summed E-state index contributed by atoms with van der Waals surface area (Å²) in [6.45, 7) is -0.00329. The number of carbonyl (C=O) groups is 1. The second-order valence-electron chi connectivity index (χ2n) is 3.91. The molecule has 0 saturated heterocycles. The van der Waals surface area contributed by atoms with Crippen LogP contribution in [0.5, 0.6) is 5.75 Å². The van der Waals surface area contributed by atoms with Gasteiger partial charge >= 0.3 is 0 Å². The van der Waals surface area contributed by atoms with E-state index in [0.717, 1.165) is 13.4 Å². The first kappa shape index (κ1) is 14.8. The third kappa shape index (κ3) is 3.49. The Labute approximate surface area is 136 Å². The lowest BCUT2D eigenvalue weighted by molar-refractivity contribution is 0.0912. The van der Waals surface area contributed by atoms with Gasteiger partial charge in [-0.05, 0) is 56.1 Å². The molecule has 0 spiro atoms. The summed E-state index contributed by atoms with van der Waals surface area (Å²) in [5.41, 5.74) is 0.629. The van der Waals surface area contributed by atoms with Crippen LogP contribution in [0.4, 0.5) is 0 Å². The minimum Gasteiger partial charge on any atom is -0.483 e. The molecule has 0 aliphatic carbocycles. The molecule has 100 valence electrons. The highest BCUT2D eigenvalue weighted by molar-refractivity contribution is 9.11. The van der Waals surface area contributed by atoms with E-state index in [1.807, 2.05) is 31.4 Å². The minimum atomic E-state index is -0.0609. The van der Waals surface area contributed by atoms with Gasteiger partial charge in [0.1, 0.15) is 5.75 Å². The lowest BCUT2D eigenvalue weighted by Crippen LogP contribution is -2.15. The van der Waals surface area contributed by atoms with E-state index in [2.05, 4.69) is 47.8 Å². The average molecular weight is 452 g/mol. The minimum absolute atomic E-state index is 0.00329. The van der Waals surface area contributed by atoms with E-state index >= 15 is 0 Å². The number of ketones is 1. The Morgan fingerprint density at radius 3 is 2.42 bits per heavy atom. The predicted molar refractivity (Wildman–Crippen MR) is 84.8 cm³/mol. The topological polar surface area (TPSA) is 31.2 Å². The molecule has 0 amide bonds. The van der Waals surface area contributed by atoms with Gasteiger partial charge in [-0.15, -0.1) is 0 Å². The number of hydrogen-bond donors (Lipinski definition) is 0. The summed E-state index contributed by atoms with van der Waals surface area (Å²) in [7, 11) is 1.83. The fourth-order valence-electron chi connectivity index (χ4n) is 1.63. The maximum atomic E-state index is 12.0. The number of ether oxygens (including phenoxy) is 1. The molecule has 0 radical (unpaired) electrons. The Kier molecular flexibility index (Phi) is 4.86. The Balaban J connectivity index is 2.12. The van der Waals surface area contributed by atoms with Crippen LogP contribution in [0.15, 0.2) is 43.9 Å². The van der Waals surface area contributed by atoms with Crippen LogP contribution < -0.4 is 4.74 Å². The molecule has 0 unspecified atom stereocenters. The summed E-state index contributed by atoms with van der Waals surface area (Å²) < 4.78 is 9.86. The van der Waals surface area contributed by atoms with Crippen molar-refractivity contribution in [3.63, 3.8) is 0 Å². The first-order chi connectivity index (χ1) is 8.99. The molecule has 2 aromatic rings. The number of nitrogens with zero attached hydrogens (tertiary/aromatic N) is 1. The van der Waals surface area contributed by atoms with Crippen molar-refractivity contribution >= 4 is 53.6 Å². The van der Waals surface area contributed by atoms with Crippen molar-refractivity contribution in [1.29, 1.82) is 0 Å². The third-order valence-electron chi connectivity index (χ3n) is 2.54. The number of aromatic nitrogens is 1. The van der Waals surface area contributed by atoms with E-state index in [1.165, 1.54) is 0 Å². The van der Waals surface area contributed by atoms with Gasteiger partial charge in [0.2, 0.25) is 5.78 Å². The van der Waals surface area contributed by atoms with Gasteiger partial charge in [-0.2, -0.15) is 0 Å². The highest BCUT2D eigenvalue weighted by Crippen LogP contribution is 2.36. The summed E-state index contributed by atoms with van der Waals surface area (Å²) >= 11 is 10.2. The summed E-state index contributed by atoms with van der Waals surface area (Å²) in [5.74, 6) is 0.556. The Morgan fingerprint density at radius 2 is 1.89 bits per heavy atom. The van der Waals surface area contributed by atoms with E-state index in [-0.39, 0.29) is 12.4 Å². The van der Waals surface area contributed by atoms with Crippen LogP contribution in [0.3, 0.4) is 0 Å². The molecule has 0 aliphatic heterocycles. The molecule has 0 atom stereocenters. The molecule has 0 bridgehead atoms. The second kappa shape index (κ2) is 6.24. The highest BCUT2D eigenvalue weighted by atomic mass is 79.9. The number of carbonyl (C=O) groups excluding carboxylic acids is 1. The van der Waals surface area contributed by atoms with Gasteiger partial charge < -0.3 is 9.30 Å². The monoisotopic (exact) mass is 449 g/mol. The van der Waals surface area contributed by atoms with Gasteiger partial charge in [0.05, 0.1) is 14.6 Å². The molecule has 0 N–H and O–H groups in total. The largest absolute Gasteiger partial charge is 0.483 e. The zero-order valence-corrected chi connectivity index (χ0v) is 14.7. The van der Waals surface area contributed by atoms with Crippen molar-refractivity contribution in [2.24, 2.45) is 7.05 Å². The van der Waals surface area contributed by atoms with Crippen molar-refractivity contribution in [3.05, 3.63) is 49.6 Å². The summed E-state index contributed by atoms with van der Waals surface area (Å²) in [6, 6.07) is 7.34. The molecule has 1 aromatic carbocycles. The number of Topliss-reactive ketones (excluding diaryl/α,β-unsaturated/α-hetero) is 1. The molecular weight excluding hydrogens is 442 g/mol. The maximum absolute atomic E-state index is 12.0. The smallest absolute Gasteiger partial charge is 0.216 e. The molecule has 3 nitrogen and oxygen atoms in total. The zero-order chi connectivity index (χ0) is 14.0. The zero-order valence-electron chi connectivity index (χ0n) is 9.99. The highest BCUT2D eigenvalue weighted by Gasteiger charge is 2.13. The lowest BCUT2D eigenvalue weighted by Gasteiger charge is -2.10. The molecule has 19 heavy (non-hydrogen) atoms. The van der Waals surface area contributed by atoms with Crippen molar-refractivity contribution in [2.45, 2.75) is 0 Å². The third-order valence-corrected chi connectivity index (χ3v) is 4.18. The van der Waals surface area contributed by atoms with Gasteiger partial charge in [0, 0.05) is 17.7 Å². The van der Waals surface area contributed by atoms with Crippen molar-refractivity contribution in [3.8, 4) is 5.75 Å². The van der Waals surface area contributed by atoms with Crippen LogP contribution in [0, 0.1) is 0 Å². The first-order valence-electron chi connectivity index (χ1n) is 5.41. The maximum Gasteiger partial charge on any atom is 0.216 e. The molecule has 0 fully saturated rings. The molecule has 6 heteroatoms. The second-order valence-corrected chi connectivity index (χ2v) is 6.54. The number of aryl methyl sites for hydroxylation is 1. The van der Waals surface area contributed by atoms with Crippen LogP contribution in [-0.4, -0.2) is 17.0 Å². The summed E-state index contributed by atoms with van der Waals surface area (Å²) in [4.78, 5) is 12.0. The SMILES string of the molecule is Cn1cccc1C(=O)COc1c(Br)cc(Br)cc1Br. The molecule has 0 saturated carbocycles. The number of hydrogen-bond acceptors (Lipinski definition) is 2. The molecule has 1 aromatic heterocycles. The fourth-order valence-corrected chi connectivity index (χ4v) is 4.12. The van der Waals surface area contributed by atoms with Crippen LogP contribution in [0.2, 0.25) is 0 Å². The van der Waals surface area contributed by atoms with Crippen LogP contribution in [-0.2, 0) is 7.05 Å². The number of rotatable bonds is 4. The average Bonchev–Trinajstić information content (AvgIpc) is 2.73. The Hall–Kier alpha value is -0.590. The predicted octanol–water partition coefficient (Wildman–Crippen LogP) is 4.57.